The molecule has 0 radical (unpaired) electrons. The molecule has 1 rings (SSSR count). The fraction of sp³-hybridized carbons (Fsp3) is 0.222. The Kier molecular flexibility index (Phi) is 3.66. The van der Waals surface area contributed by atoms with Crippen LogP contribution >= 0.6 is 23.2 Å². The van der Waals surface area contributed by atoms with Gasteiger partial charge in [-0.3, -0.25) is 14.9 Å². The first-order chi connectivity index (χ1) is 6.97. The number of nitrogens with zero attached hydrogens (tertiary/aromatic N) is 1. The Labute approximate surface area is 95.9 Å². The predicted molar refractivity (Wildman–Crippen MR) is 57.7 cm³/mol. The second kappa shape index (κ2) is 4.59. The molecule has 0 saturated heterocycles. The van der Waals surface area contributed by atoms with Gasteiger partial charge in [-0.1, -0.05) is 30.1 Å². The van der Waals surface area contributed by atoms with Gasteiger partial charge in [0.05, 0.1) is 20.5 Å². The third-order valence-electron chi connectivity index (χ3n) is 1.84. The van der Waals surface area contributed by atoms with Gasteiger partial charge in [0.2, 0.25) is 0 Å². The van der Waals surface area contributed by atoms with Crippen LogP contribution in [0, 0.1) is 10.1 Å². The maximum atomic E-state index is 11.4. The molecule has 1 aromatic carbocycles. The average Bonchev–Trinajstić information content (AvgIpc) is 2.16. The average molecular weight is 248 g/mol. The molecular weight excluding hydrogens is 241 g/mol. The summed E-state index contributed by atoms with van der Waals surface area (Å²) in [7, 11) is 0. The van der Waals surface area contributed by atoms with Gasteiger partial charge < -0.3 is 0 Å². The summed E-state index contributed by atoms with van der Waals surface area (Å²) in [4.78, 5) is 21.2. The third kappa shape index (κ3) is 2.46. The zero-order valence-electron chi connectivity index (χ0n) is 7.79. The van der Waals surface area contributed by atoms with Crippen molar-refractivity contribution in [2.24, 2.45) is 0 Å². The topological polar surface area (TPSA) is 60.2 Å². The van der Waals surface area contributed by atoms with Gasteiger partial charge in [0.1, 0.15) is 0 Å². The maximum Gasteiger partial charge on any atom is 0.272 e. The van der Waals surface area contributed by atoms with E-state index in [1.54, 1.807) is 6.92 Å². The number of carbonyl (C=O) groups excluding carboxylic acids is 1. The summed E-state index contributed by atoms with van der Waals surface area (Å²) in [6.07, 6.45) is 0.247. The van der Waals surface area contributed by atoms with Crippen LogP contribution < -0.4 is 0 Å². The van der Waals surface area contributed by atoms with Crippen LogP contribution in [0.1, 0.15) is 23.7 Å². The lowest BCUT2D eigenvalue weighted by atomic mass is 10.1. The molecule has 0 aliphatic carbocycles. The van der Waals surface area contributed by atoms with Gasteiger partial charge in [-0.25, -0.2) is 0 Å². The summed E-state index contributed by atoms with van der Waals surface area (Å²) in [6, 6.07) is 2.24. The van der Waals surface area contributed by atoms with Crippen molar-refractivity contribution in [2.75, 3.05) is 0 Å². The summed E-state index contributed by atoms with van der Waals surface area (Å²) in [5.74, 6) is -0.236. The third-order valence-corrected chi connectivity index (χ3v) is 2.43. The van der Waals surface area contributed by atoms with Crippen LogP contribution in [-0.2, 0) is 0 Å². The predicted octanol–water partition coefficient (Wildman–Crippen LogP) is 3.49. The van der Waals surface area contributed by atoms with Gasteiger partial charge in [-0.15, -0.1) is 0 Å². The van der Waals surface area contributed by atoms with E-state index in [2.05, 4.69) is 0 Å². The first kappa shape index (κ1) is 11.9. The normalized spacial score (nSPS) is 10.1. The SMILES string of the molecule is CCC(=O)c1c(Cl)cc([N+](=O)[O-])cc1Cl. The Morgan fingerprint density at radius 1 is 1.40 bits per heavy atom. The molecule has 0 unspecified atom stereocenters. The van der Waals surface area contributed by atoms with Crippen molar-refractivity contribution in [1.82, 2.24) is 0 Å². The van der Waals surface area contributed by atoms with E-state index in [1.165, 1.54) is 0 Å². The van der Waals surface area contributed by atoms with E-state index in [4.69, 9.17) is 23.2 Å². The lowest BCUT2D eigenvalue weighted by Gasteiger charge is -2.04. The number of benzene rings is 1. The van der Waals surface area contributed by atoms with Gasteiger partial charge >= 0.3 is 0 Å². The molecule has 0 saturated carbocycles. The number of hydrogen-bond acceptors (Lipinski definition) is 3. The standard InChI is InChI=1S/C9H7Cl2NO3/c1-2-8(13)9-6(10)3-5(12(14)15)4-7(9)11/h3-4H,2H2,1H3. The molecule has 0 N–H and O–H groups in total. The van der Waals surface area contributed by atoms with Crippen LogP contribution in [0.25, 0.3) is 0 Å². The molecule has 1 aromatic rings. The molecule has 0 spiro atoms. The Morgan fingerprint density at radius 2 is 1.87 bits per heavy atom. The number of carbonyl (C=O) groups is 1. The second-order valence-corrected chi connectivity index (χ2v) is 3.63. The molecule has 0 heterocycles. The van der Waals surface area contributed by atoms with Crippen LogP contribution in [0.2, 0.25) is 10.0 Å². The van der Waals surface area contributed by atoms with E-state index >= 15 is 0 Å². The summed E-state index contributed by atoms with van der Waals surface area (Å²) in [5, 5.41) is 10.5. The molecule has 4 nitrogen and oxygen atoms in total. The molecule has 0 amide bonds. The largest absolute Gasteiger partial charge is 0.294 e. The van der Waals surface area contributed by atoms with Gasteiger partial charge in [0, 0.05) is 18.6 Å². The van der Waals surface area contributed by atoms with Crippen molar-refractivity contribution in [1.29, 1.82) is 0 Å². The molecule has 0 aromatic heterocycles. The van der Waals surface area contributed by atoms with E-state index in [9.17, 15) is 14.9 Å². The lowest BCUT2D eigenvalue weighted by molar-refractivity contribution is -0.384. The lowest BCUT2D eigenvalue weighted by Crippen LogP contribution is -2.00. The summed E-state index contributed by atoms with van der Waals surface area (Å²) in [5.41, 5.74) is -0.0795. The van der Waals surface area contributed by atoms with Crippen LogP contribution in [0.3, 0.4) is 0 Å². The first-order valence-corrected chi connectivity index (χ1v) is 4.89. The highest BCUT2D eigenvalue weighted by Crippen LogP contribution is 2.30. The fourth-order valence-corrected chi connectivity index (χ4v) is 1.79. The number of nitro benzene ring substituents is 1. The second-order valence-electron chi connectivity index (χ2n) is 2.82. The van der Waals surface area contributed by atoms with Crippen LogP contribution in [-0.4, -0.2) is 10.7 Å². The zero-order valence-corrected chi connectivity index (χ0v) is 9.30. The minimum Gasteiger partial charge on any atom is -0.294 e. The Bertz CT molecular complexity index is 408. The van der Waals surface area contributed by atoms with E-state index in [-0.39, 0.29) is 33.5 Å². The summed E-state index contributed by atoms with van der Waals surface area (Å²) >= 11 is 11.5. The van der Waals surface area contributed by atoms with Crippen molar-refractivity contribution >= 4 is 34.7 Å². The van der Waals surface area contributed by atoms with Gasteiger partial charge in [-0.05, 0) is 0 Å². The number of nitro groups is 1. The molecule has 0 fully saturated rings. The van der Waals surface area contributed by atoms with Crippen LogP contribution in [0.5, 0.6) is 0 Å². The maximum absolute atomic E-state index is 11.4. The molecule has 6 heteroatoms. The van der Waals surface area contributed by atoms with Gasteiger partial charge in [-0.2, -0.15) is 0 Å². The highest BCUT2D eigenvalue weighted by atomic mass is 35.5. The van der Waals surface area contributed by atoms with E-state index in [1.807, 2.05) is 0 Å². The minimum atomic E-state index is -0.613. The first-order valence-electron chi connectivity index (χ1n) is 4.14. The highest BCUT2D eigenvalue weighted by Gasteiger charge is 2.18. The van der Waals surface area contributed by atoms with E-state index < -0.39 is 4.92 Å². The smallest absolute Gasteiger partial charge is 0.272 e. The number of non-ortho nitro benzene ring substituents is 1. The van der Waals surface area contributed by atoms with Crippen molar-refractivity contribution in [3.05, 3.63) is 37.9 Å². The molecule has 0 bridgehead atoms. The van der Waals surface area contributed by atoms with Crippen molar-refractivity contribution in [2.45, 2.75) is 13.3 Å². The molecule has 0 aliphatic heterocycles. The Morgan fingerprint density at radius 3 is 2.20 bits per heavy atom. The highest BCUT2D eigenvalue weighted by molar-refractivity contribution is 6.40. The Balaban J connectivity index is 3.33. The number of ketones is 1. The molecule has 80 valence electrons. The number of rotatable bonds is 3. The molecule has 15 heavy (non-hydrogen) atoms. The summed E-state index contributed by atoms with van der Waals surface area (Å²) < 4.78 is 0. The fourth-order valence-electron chi connectivity index (χ4n) is 1.11. The summed E-state index contributed by atoms with van der Waals surface area (Å²) in [6.45, 7) is 1.66. The minimum absolute atomic E-state index is 0.0149. The number of Topliss-reactive ketones (excluding diaryl/α,β-unsaturated/α-hetero) is 1. The number of hydrogen-bond donors (Lipinski definition) is 0. The molecule has 0 aliphatic rings. The monoisotopic (exact) mass is 247 g/mol. The van der Waals surface area contributed by atoms with Crippen LogP contribution in [0.4, 0.5) is 5.69 Å². The molecular formula is C9H7Cl2NO3. The molecule has 0 atom stereocenters. The van der Waals surface area contributed by atoms with Crippen LogP contribution in [0.15, 0.2) is 12.1 Å². The zero-order chi connectivity index (χ0) is 11.6. The van der Waals surface area contributed by atoms with Gasteiger partial charge in [0.15, 0.2) is 5.78 Å². The Hall–Kier alpha value is -1.13. The number of halogens is 2. The quantitative estimate of drug-likeness (QED) is 0.467. The van der Waals surface area contributed by atoms with Gasteiger partial charge in [0.25, 0.3) is 5.69 Å². The van der Waals surface area contributed by atoms with E-state index in [0.717, 1.165) is 12.1 Å². The van der Waals surface area contributed by atoms with Crippen molar-refractivity contribution < 1.29 is 9.72 Å². The van der Waals surface area contributed by atoms with E-state index in [0.29, 0.717) is 0 Å². The van der Waals surface area contributed by atoms with Crippen molar-refractivity contribution in [3.63, 3.8) is 0 Å². The van der Waals surface area contributed by atoms with Crippen molar-refractivity contribution in [3.8, 4) is 0 Å².